The van der Waals surface area contributed by atoms with Crippen LogP contribution in [-0.4, -0.2) is 43.3 Å². The summed E-state index contributed by atoms with van der Waals surface area (Å²) >= 11 is 0. The first-order valence-electron chi connectivity index (χ1n) is 5.51. The summed E-state index contributed by atoms with van der Waals surface area (Å²) in [5, 5.41) is 3.21. The number of nitrogens with zero attached hydrogens (tertiary/aromatic N) is 1. The fraction of sp³-hybridized carbons (Fsp3) is 0.909. The van der Waals surface area contributed by atoms with Crippen molar-refractivity contribution in [3.8, 4) is 0 Å². The maximum absolute atomic E-state index is 11.5. The highest BCUT2D eigenvalue weighted by Gasteiger charge is 2.18. The fourth-order valence-corrected chi connectivity index (χ4v) is 1.05. The van der Waals surface area contributed by atoms with Gasteiger partial charge in [-0.25, -0.2) is 4.79 Å². The van der Waals surface area contributed by atoms with E-state index in [1.54, 1.807) is 11.9 Å². The monoisotopic (exact) mass is 216 g/mol. The van der Waals surface area contributed by atoms with Gasteiger partial charge >= 0.3 is 6.09 Å². The first kappa shape index (κ1) is 14.2. The highest BCUT2D eigenvalue weighted by molar-refractivity contribution is 5.67. The summed E-state index contributed by atoms with van der Waals surface area (Å²) in [6, 6.07) is 0. The van der Waals surface area contributed by atoms with Crippen molar-refractivity contribution in [1.82, 2.24) is 10.2 Å². The van der Waals surface area contributed by atoms with E-state index < -0.39 is 5.60 Å². The van der Waals surface area contributed by atoms with Crippen LogP contribution in [-0.2, 0) is 4.74 Å². The minimum Gasteiger partial charge on any atom is -0.444 e. The largest absolute Gasteiger partial charge is 0.444 e. The molecule has 0 rings (SSSR count). The van der Waals surface area contributed by atoms with Gasteiger partial charge in [0.25, 0.3) is 0 Å². The Balaban J connectivity index is 3.70. The third-order valence-electron chi connectivity index (χ3n) is 1.80. The summed E-state index contributed by atoms with van der Waals surface area (Å²) in [7, 11) is 1.76. The van der Waals surface area contributed by atoms with Crippen LogP contribution in [0.2, 0.25) is 0 Å². The summed E-state index contributed by atoms with van der Waals surface area (Å²) in [4.78, 5) is 13.1. The first-order valence-corrected chi connectivity index (χ1v) is 5.51. The molecular weight excluding hydrogens is 192 g/mol. The zero-order valence-electron chi connectivity index (χ0n) is 10.6. The fourth-order valence-electron chi connectivity index (χ4n) is 1.05. The number of nitrogens with one attached hydrogen (secondary N) is 1. The molecule has 0 aromatic rings. The zero-order chi connectivity index (χ0) is 11.9. The van der Waals surface area contributed by atoms with E-state index in [0.29, 0.717) is 0 Å². The molecule has 0 atom stereocenters. The van der Waals surface area contributed by atoms with E-state index in [-0.39, 0.29) is 6.09 Å². The van der Waals surface area contributed by atoms with Crippen LogP contribution in [0.1, 0.15) is 34.1 Å². The molecular formula is C11H24N2O2. The van der Waals surface area contributed by atoms with Gasteiger partial charge < -0.3 is 15.0 Å². The van der Waals surface area contributed by atoms with Crippen molar-refractivity contribution in [2.45, 2.75) is 39.7 Å². The molecule has 4 nitrogen and oxygen atoms in total. The number of hydrogen-bond acceptors (Lipinski definition) is 3. The van der Waals surface area contributed by atoms with Gasteiger partial charge in [0, 0.05) is 13.6 Å². The van der Waals surface area contributed by atoms with E-state index in [0.717, 1.165) is 26.1 Å². The maximum Gasteiger partial charge on any atom is 0.410 e. The Kier molecular flexibility index (Phi) is 6.32. The van der Waals surface area contributed by atoms with Crippen LogP contribution in [0.4, 0.5) is 4.79 Å². The molecule has 0 aliphatic rings. The average molecular weight is 216 g/mol. The lowest BCUT2D eigenvalue weighted by Crippen LogP contribution is -2.35. The van der Waals surface area contributed by atoms with Gasteiger partial charge in [0.15, 0.2) is 0 Å². The zero-order valence-corrected chi connectivity index (χ0v) is 10.6. The number of ether oxygens (including phenoxy) is 1. The number of rotatable bonds is 5. The molecule has 0 spiro atoms. The van der Waals surface area contributed by atoms with Crippen molar-refractivity contribution in [3.05, 3.63) is 0 Å². The first-order chi connectivity index (χ1) is 6.87. The van der Waals surface area contributed by atoms with Crippen molar-refractivity contribution in [3.63, 3.8) is 0 Å². The second kappa shape index (κ2) is 6.67. The summed E-state index contributed by atoms with van der Waals surface area (Å²) < 4.78 is 5.22. The molecule has 0 aliphatic heterocycles. The molecule has 15 heavy (non-hydrogen) atoms. The number of hydrogen-bond donors (Lipinski definition) is 1. The summed E-state index contributed by atoms with van der Waals surface area (Å²) in [6.45, 7) is 10.3. The van der Waals surface area contributed by atoms with Gasteiger partial charge in [-0.1, -0.05) is 6.92 Å². The van der Waals surface area contributed by atoms with E-state index in [9.17, 15) is 4.79 Å². The summed E-state index contributed by atoms with van der Waals surface area (Å²) in [5.74, 6) is 0. The van der Waals surface area contributed by atoms with E-state index >= 15 is 0 Å². The Labute approximate surface area is 93.0 Å². The van der Waals surface area contributed by atoms with Gasteiger partial charge in [-0.05, 0) is 40.3 Å². The van der Waals surface area contributed by atoms with Gasteiger partial charge in [-0.3, -0.25) is 0 Å². The van der Waals surface area contributed by atoms with E-state index in [2.05, 4.69) is 12.2 Å². The topological polar surface area (TPSA) is 41.6 Å². The van der Waals surface area contributed by atoms with Gasteiger partial charge in [0.2, 0.25) is 0 Å². The second-order valence-corrected chi connectivity index (χ2v) is 4.61. The Morgan fingerprint density at radius 1 is 1.40 bits per heavy atom. The van der Waals surface area contributed by atoms with Crippen LogP contribution in [0.5, 0.6) is 0 Å². The Bertz CT molecular complexity index is 188. The molecule has 0 fully saturated rings. The quantitative estimate of drug-likeness (QED) is 0.713. The highest BCUT2D eigenvalue weighted by atomic mass is 16.6. The number of carbonyl (C=O) groups excluding carboxylic acids is 1. The van der Waals surface area contributed by atoms with Crippen LogP contribution in [0, 0.1) is 0 Å². The highest BCUT2D eigenvalue weighted by Crippen LogP contribution is 2.08. The molecule has 4 heteroatoms. The molecule has 0 heterocycles. The van der Waals surface area contributed by atoms with Gasteiger partial charge in [-0.2, -0.15) is 0 Å². The standard InChI is InChI=1S/C11H24N2O2/c1-6-12-8-7-9-13(5)10(14)15-11(2,3)4/h12H,6-9H2,1-5H3. The summed E-state index contributed by atoms with van der Waals surface area (Å²) in [6.07, 6.45) is 0.697. The van der Waals surface area contributed by atoms with Crippen molar-refractivity contribution in [2.24, 2.45) is 0 Å². The SMILES string of the molecule is CCNCCCN(C)C(=O)OC(C)(C)C. The molecule has 0 aliphatic carbocycles. The lowest BCUT2D eigenvalue weighted by atomic mass is 10.2. The molecule has 0 unspecified atom stereocenters. The lowest BCUT2D eigenvalue weighted by molar-refractivity contribution is 0.0297. The molecule has 1 amide bonds. The van der Waals surface area contributed by atoms with Crippen molar-refractivity contribution < 1.29 is 9.53 Å². The molecule has 0 aromatic heterocycles. The third-order valence-corrected chi connectivity index (χ3v) is 1.80. The van der Waals surface area contributed by atoms with Crippen molar-refractivity contribution in [2.75, 3.05) is 26.7 Å². The number of carbonyl (C=O) groups is 1. The lowest BCUT2D eigenvalue weighted by Gasteiger charge is -2.24. The molecule has 90 valence electrons. The van der Waals surface area contributed by atoms with Crippen molar-refractivity contribution in [1.29, 1.82) is 0 Å². The second-order valence-electron chi connectivity index (χ2n) is 4.61. The molecule has 0 aromatic carbocycles. The van der Waals surface area contributed by atoms with Gasteiger partial charge in [-0.15, -0.1) is 0 Å². The van der Waals surface area contributed by atoms with Crippen LogP contribution < -0.4 is 5.32 Å². The smallest absolute Gasteiger partial charge is 0.410 e. The predicted octanol–water partition coefficient (Wildman–Crippen LogP) is 1.85. The van der Waals surface area contributed by atoms with Crippen LogP contribution >= 0.6 is 0 Å². The van der Waals surface area contributed by atoms with Crippen molar-refractivity contribution >= 4 is 6.09 Å². The van der Waals surface area contributed by atoms with Gasteiger partial charge in [0.05, 0.1) is 0 Å². The third kappa shape index (κ3) is 8.24. The Morgan fingerprint density at radius 3 is 2.47 bits per heavy atom. The number of amides is 1. The predicted molar refractivity (Wildman–Crippen MR) is 62.0 cm³/mol. The van der Waals surface area contributed by atoms with E-state index in [1.165, 1.54) is 0 Å². The minimum absolute atomic E-state index is 0.251. The minimum atomic E-state index is -0.410. The molecule has 0 saturated carbocycles. The Morgan fingerprint density at radius 2 is 2.00 bits per heavy atom. The average Bonchev–Trinajstić information content (AvgIpc) is 2.09. The normalized spacial score (nSPS) is 11.3. The maximum atomic E-state index is 11.5. The molecule has 0 bridgehead atoms. The molecule has 1 N–H and O–H groups in total. The molecule has 0 saturated heterocycles. The van der Waals surface area contributed by atoms with Crippen LogP contribution in [0.3, 0.4) is 0 Å². The van der Waals surface area contributed by atoms with Crippen LogP contribution in [0.15, 0.2) is 0 Å². The van der Waals surface area contributed by atoms with E-state index in [4.69, 9.17) is 4.74 Å². The molecule has 0 radical (unpaired) electrons. The van der Waals surface area contributed by atoms with Crippen LogP contribution in [0.25, 0.3) is 0 Å². The van der Waals surface area contributed by atoms with E-state index in [1.807, 2.05) is 20.8 Å². The van der Waals surface area contributed by atoms with Gasteiger partial charge in [0.1, 0.15) is 5.60 Å². The summed E-state index contributed by atoms with van der Waals surface area (Å²) in [5.41, 5.74) is -0.410. The Hall–Kier alpha value is -0.770.